The molecule has 5 nitrogen and oxygen atoms in total. The topological polar surface area (TPSA) is 56.7 Å². The summed E-state index contributed by atoms with van der Waals surface area (Å²) in [5.41, 5.74) is 1.71. The molecule has 3 rings (SSSR count). The molecule has 0 amide bonds. The highest BCUT2D eigenvalue weighted by Gasteiger charge is 2.10. The lowest BCUT2D eigenvalue weighted by Gasteiger charge is -1.94. The highest BCUT2D eigenvalue weighted by atomic mass is 35.5. The second kappa shape index (κ2) is 4.85. The van der Waals surface area contributed by atoms with Crippen molar-refractivity contribution < 1.29 is 4.52 Å². The molecule has 0 saturated carbocycles. The number of halogens is 1. The first-order valence-electron chi connectivity index (χ1n) is 5.80. The summed E-state index contributed by atoms with van der Waals surface area (Å²) in [6, 6.07) is 9.68. The second-order valence-electron chi connectivity index (χ2n) is 4.14. The lowest BCUT2D eigenvalue weighted by atomic mass is 10.2. The number of hydrogen-bond donors (Lipinski definition) is 0. The average Bonchev–Trinajstić information content (AvgIpc) is 2.99. The van der Waals surface area contributed by atoms with Crippen LogP contribution in [0.1, 0.15) is 11.6 Å². The summed E-state index contributed by atoms with van der Waals surface area (Å²) in [6.07, 6.45) is 1.74. The van der Waals surface area contributed by atoms with Gasteiger partial charge in [-0.15, -0.1) is 0 Å². The standard InChI is InChI=1S/C13H11ClN4O/c1-9-11(14)7-18(16-9)8-12-15-13(17-19-12)10-5-3-2-4-6-10/h2-7H,8H2,1H3. The molecule has 0 unspecified atom stereocenters. The minimum atomic E-state index is 0.410. The van der Waals surface area contributed by atoms with Crippen molar-refractivity contribution >= 4 is 11.6 Å². The molecule has 96 valence electrons. The zero-order valence-corrected chi connectivity index (χ0v) is 11.0. The van der Waals surface area contributed by atoms with Gasteiger partial charge in [-0.25, -0.2) is 0 Å². The molecule has 2 aromatic heterocycles. The Morgan fingerprint density at radius 1 is 1.26 bits per heavy atom. The molecule has 19 heavy (non-hydrogen) atoms. The molecule has 0 aliphatic carbocycles. The van der Waals surface area contributed by atoms with Crippen molar-refractivity contribution in [3.63, 3.8) is 0 Å². The van der Waals surface area contributed by atoms with Crippen LogP contribution in [-0.4, -0.2) is 19.9 Å². The zero-order chi connectivity index (χ0) is 13.2. The first-order chi connectivity index (χ1) is 9.22. The van der Waals surface area contributed by atoms with Gasteiger partial charge in [0.15, 0.2) is 0 Å². The summed E-state index contributed by atoms with van der Waals surface area (Å²) in [7, 11) is 0. The van der Waals surface area contributed by atoms with Gasteiger partial charge in [-0.3, -0.25) is 4.68 Å². The third-order valence-corrected chi connectivity index (χ3v) is 3.05. The normalized spacial score (nSPS) is 10.8. The number of hydrogen-bond acceptors (Lipinski definition) is 4. The summed E-state index contributed by atoms with van der Waals surface area (Å²) in [5.74, 6) is 1.07. The number of benzene rings is 1. The molecular formula is C13H11ClN4O. The third-order valence-electron chi connectivity index (χ3n) is 2.68. The van der Waals surface area contributed by atoms with Crippen molar-refractivity contribution in [2.24, 2.45) is 0 Å². The van der Waals surface area contributed by atoms with Gasteiger partial charge in [0.25, 0.3) is 0 Å². The largest absolute Gasteiger partial charge is 0.337 e. The summed E-state index contributed by atoms with van der Waals surface area (Å²) in [5, 5.41) is 8.82. The lowest BCUT2D eigenvalue weighted by molar-refractivity contribution is 0.366. The van der Waals surface area contributed by atoms with Crippen molar-refractivity contribution in [2.75, 3.05) is 0 Å². The van der Waals surface area contributed by atoms with Gasteiger partial charge in [-0.2, -0.15) is 10.1 Å². The molecular weight excluding hydrogens is 264 g/mol. The van der Waals surface area contributed by atoms with E-state index in [0.717, 1.165) is 11.3 Å². The van der Waals surface area contributed by atoms with Crippen LogP contribution in [-0.2, 0) is 6.54 Å². The minimum absolute atomic E-state index is 0.410. The maximum Gasteiger partial charge on any atom is 0.248 e. The number of aromatic nitrogens is 4. The van der Waals surface area contributed by atoms with Crippen LogP contribution < -0.4 is 0 Å². The Bertz CT molecular complexity index is 670. The minimum Gasteiger partial charge on any atom is -0.337 e. The van der Waals surface area contributed by atoms with E-state index in [1.54, 1.807) is 10.9 Å². The van der Waals surface area contributed by atoms with Crippen LogP contribution in [0, 0.1) is 6.92 Å². The summed E-state index contributed by atoms with van der Waals surface area (Å²) >= 11 is 5.95. The molecule has 3 aromatic rings. The molecule has 1 aromatic carbocycles. The zero-order valence-electron chi connectivity index (χ0n) is 10.2. The van der Waals surface area contributed by atoms with E-state index in [-0.39, 0.29) is 0 Å². The van der Waals surface area contributed by atoms with E-state index in [0.29, 0.717) is 23.3 Å². The Labute approximate surface area is 114 Å². The van der Waals surface area contributed by atoms with Gasteiger partial charge in [0.05, 0.1) is 10.7 Å². The first-order valence-corrected chi connectivity index (χ1v) is 6.18. The van der Waals surface area contributed by atoms with Gasteiger partial charge >= 0.3 is 0 Å². The van der Waals surface area contributed by atoms with Crippen LogP contribution in [0.5, 0.6) is 0 Å². The Morgan fingerprint density at radius 3 is 2.74 bits per heavy atom. The van der Waals surface area contributed by atoms with Crippen molar-refractivity contribution in [1.29, 1.82) is 0 Å². The monoisotopic (exact) mass is 274 g/mol. The Morgan fingerprint density at radius 2 is 2.05 bits per heavy atom. The Hall–Kier alpha value is -2.14. The van der Waals surface area contributed by atoms with Crippen LogP contribution in [0.2, 0.25) is 5.02 Å². The number of rotatable bonds is 3. The molecule has 0 aliphatic heterocycles. The molecule has 0 aliphatic rings. The quantitative estimate of drug-likeness (QED) is 0.737. The molecule has 0 bridgehead atoms. The van der Waals surface area contributed by atoms with E-state index in [1.165, 1.54) is 0 Å². The van der Waals surface area contributed by atoms with Gasteiger partial charge in [0.1, 0.15) is 6.54 Å². The molecule has 0 radical (unpaired) electrons. The van der Waals surface area contributed by atoms with E-state index in [4.69, 9.17) is 16.1 Å². The van der Waals surface area contributed by atoms with Gasteiger partial charge in [0.2, 0.25) is 11.7 Å². The fourth-order valence-electron chi connectivity index (χ4n) is 1.74. The van der Waals surface area contributed by atoms with E-state index in [2.05, 4.69) is 15.2 Å². The van der Waals surface area contributed by atoms with Crippen LogP contribution in [0.25, 0.3) is 11.4 Å². The molecule has 0 N–H and O–H groups in total. The molecule has 6 heteroatoms. The number of aryl methyl sites for hydroxylation is 1. The van der Waals surface area contributed by atoms with E-state index in [9.17, 15) is 0 Å². The Kier molecular flexibility index (Phi) is 3.05. The molecule has 0 fully saturated rings. The second-order valence-corrected chi connectivity index (χ2v) is 4.54. The average molecular weight is 275 g/mol. The molecule has 0 saturated heterocycles. The fourth-order valence-corrected chi connectivity index (χ4v) is 1.89. The SMILES string of the molecule is Cc1nn(Cc2nc(-c3ccccc3)no2)cc1Cl. The molecule has 0 atom stereocenters. The summed E-state index contributed by atoms with van der Waals surface area (Å²) in [6.45, 7) is 2.26. The maximum absolute atomic E-state index is 5.95. The predicted octanol–water partition coefficient (Wildman–Crippen LogP) is 2.94. The van der Waals surface area contributed by atoms with Crippen molar-refractivity contribution in [2.45, 2.75) is 13.5 Å². The summed E-state index contributed by atoms with van der Waals surface area (Å²) in [4.78, 5) is 4.33. The highest BCUT2D eigenvalue weighted by Crippen LogP contribution is 2.16. The van der Waals surface area contributed by atoms with E-state index in [1.807, 2.05) is 37.3 Å². The van der Waals surface area contributed by atoms with Crippen molar-refractivity contribution in [3.05, 3.63) is 53.1 Å². The van der Waals surface area contributed by atoms with Gasteiger partial charge < -0.3 is 4.52 Å². The van der Waals surface area contributed by atoms with Crippen LogP contribution in [0.3, 0.4) is 0 Å². The van der Waals surface area contributed by atoms with Crippen molar-refractivity contribution in [1.82, 2.24) is 19.9 Å². The van der Waals surface area contributed by atoms with E-state index >= 15 is 0 Å². The van der Waals surface area contributed by atoms with Crippen molar-refractivity contribution in [3.8, 4) is 11.4 Å². The lowest BCUT2D eigenvalue weighted by Crippen LogP contribution is -2.00. The Balaban J connectivity index is 1.82. The first kappa shape index (κ1) is 11.9. The van der Waals surface area contributed by atoms with E-state index < -0.39 is 0 Å². The third kappa shape index (κ3) is 2.51. The van der Waals surface area contributed by atoms with Crippen LogP contribution >= 0.6 is 11.6 Å². The predicted molar refractivity (Wildman–Crippen MR) is 70.8 cm³/mol. The van der Waals surface area contributed by atoms with Crippen LogP contribution in [0.15, 0.2) is 41.1 Å². The molecule has 2 heterocycles. The van der Waals surface area contributed by atoms with Crippen LogP contribution in [0.4, 0.5) is 0 Å². The fraction of sp³-hybridized carbons (Fsp3) is 0.154. The molecule has 0 spiro atoms. The highest BCUT2D eigenvalue weighted by molar-refractivity contribution is 6.31. The smallest absolute Gasteiger partial charge is 0.248 e. The maximum atomic E-state index is 5.95. The van der Waals surface area contributed by atoms with Gasteiger partial charge in [-0.1, -0.05) is 47.1 Å². The van der Waals surface area contributed by atoms with Gasteiger partial charge in [-0.05, 0) is 6.92 Å². The van der Waals surface area contributed by atoms with Gasteiger partial charge in [0, 0.05) is 11.8 Å². The number of nitrogens with zero attached hydrogens (tertiary/aromatic N) is 4. The summed E-state index contributed by atoms with van der Waals surface area (Å²) < 4.78 is 6.89.